The number of carboxylic acid groups (broad SMARTS) is 1. The third-order valence-corrected chi connectivity index (χ3v) is 3.65. The number of carbonyl (C=O) groups is 3. The van der Waals surface area contributed by atoms with Gasteiger partial charge in [-0.3, -0.25) is 14.6 Å². The van der Waals surface area contributed by atoms with Crippen LogP contribution in [0.2, 0.25) is 0 Å². The molecule has 0 radical (unpaired) electrons. The van der Waals surface area contributed by atoms with Crippen LogP contribution in [0.4, 0.5) is 0 Å². The van der Waals surface area contributed by atoms with Gasteiger partial charge in [-0.2, -0.15) is 0 Å². The van der Waals surface area contributed by atoms with Crippen molar-refractivity contribution in [2.75, 3.05) is 6.54 Å². The molecule has 0 saturated carbocycles. The number of guanidine groups is 1. The Bertz CT molecular complexity index is 674. The molecule has 148 valence electrons. The fraction of sp³-hybridized carbons (Fsp3) is 0.412. The van der Waals surface area contributed by atoms with Crippen LogP contribution < -0.4 is 22.1 Å². The lowest BCUT2D eigenvalue weighted by Crippen LogP contribution is -2.54. The number of nitrogens with one attached hydrogen (secondary N) is 2. The Balaban J connectivity index is 2.85. The molecule has 0 aliphatic heterocycles. The number of carbonyl (C=O) groups excluding carboxylic acids is 2. The van der Waals surface area contributed by atoms with Gasteiger partial charge in [0.05, 0.1) is 6.10 Å². The van der Waals surface area contributed by atoms with Gasteiger partial charge in [0, 0.05) is 12.1 Å². The van der Waals surface area contributed by atoms with Gasteiger partial charge in [0.25, 0.3) is 5.91 Å². The molecule has 2 amide bonds. The van der Waals surface area contributed by atoms with E-state index >= 15 is 0 Å². The van der Waals surface area contributed by atoms with Gasteiger partial charge >= 0.3 is 5.97 Å². The second-order valence-corrected chi connectivity index (χ2v) is 5.91. The van der Waals surface area contributed by atoms with E-state index in [1.54, 1.807) is 30.3 Å². The van der Waals surface area contributed by atoms with Crippen LogP contribution >= 0.6 is 0 Å². The van der Waals surface area contributed by atoms with Crippen molar-refractivity contribution in [2.24, 2.45) is 16.5 Å². The first kappa shape index (κ1) is 21.9. The lowest BCUT2D eigenvalue weighted by atomic mass is 10.1. The SMILES string of the molecule is C[C@@H](O)[C@H](NC(=O)[C@H](CCCN=C(N)N)NC(=O)c1ccccc1)C(=O)O. The molecule has 3 atom stereocenters. The second-order valence-electron chi connectivity index (χ2n) is 5.91. The molecule has 0 unspecified atom stereocenters. The minimum absolute atomic E-state index is 0.0932. The zero-order chi connectivity index (χ0) is 20.4. The van der Waals surface area contributed by atoms with Crippen LogP contribution in [-0.2, 0) is 9.59 Å². The van der Waals surface area contributed by atoms with Crippen LogP contribution in [0.25, 0.3) is 0 Å². The first-order valence-corrected chi connectivity index (χ1v) is 8.35. The third kappa shape index (κ3) is 7.74. The van der Waals surface area contributed by atoms with E-state index in [9.17, 15) is 19.5 Å². The van der Waals surface area contributed by atoms with Gasteiger partial charge in [0.1, 0.15) is 6.04 Å². The largest absolute Gasteiger partial charge is 0.480 e. The van der Waals surface area contributed by atoms with Gasteiger partial charge in [0.15, 0.2) is 12.0 Å². The molecule has 1 rings (SSSR count). The van der Waals surface area contributed by atoms with Gasteiger partial charge in [-0.1, -0.05) is 18.2 Å². The van der Waals surface area contributed by atoms with Crippen molar-refractivity contribution in [3.05, 3.63) is 35.9 Å². The molecule has 0 spiro atoms. The Morgan fingerprint density at radius 2 is 1.78 bits per heavy atom. The van der Waals surface area contributed by atoms with Crippen molar-refractivity contribution in [1.82, 2.24) is 10.6 Å². The van der Waals surface area contributed by atoms with Crippen LogP contribution in [0.3, 0.4) is 0 Å². The van der Waals surface area contributed by atoms with Gasteiger partial charge in [-0.05, 0) is 31.9 Å². The maximum absolute atomic E-state index is 12.5. The third-order valence-electron chi connectivity index (χ3n) is 3.65. The van der Waals surface area contributed by atoms with E-state index in [1.807, 2.05) is 0 Å². The standard InChI is InChI=1S/C17H25N5O5/c1-10(23)13(16(26)27)22-15(25)12(8-5-9-20-17(18)19)21-14(24)11-6-3-2-4-7-11/h2-4,6-7,10,12-13,23H,5,8-9H2,1H3,(H,21,24)(H,22,25)(H,26,27)(H4,18,19,20)/t10-,12+,13+/m1/s1. The van der Waals surface area contributed by atoms with Gasteiger partial charge in [-0.25, -0.2) is 4.79 Å². The highest BCUT2D eigenvalue weighted by Gasteiger charge is 2.29. The first-order chi connectivity index (χ1) is 12.7. The maximum Gasteiger partial charge on any atom is 0.328 e. The molecule has 0 bridgehead atoms. The molecule has 1 aromatic rings. The molecule has 0 heterocycles. The lowest BCUT2D eigenvalue weighted by molar-refractivity contribution is -0.145. The van der Waals surface area contributed by atoms with E-state index in [2.05, 4.69) is 15.6 Å². The average molecular weight is 379 g/mol. The Kier molecular flexibility index (Phi) is 8.73. The Labute approximate surface area is 156 Å². The smallest absolute Gasteiger partial charge is 0.328 e. The summed E-state index contributed by atoms with van der Waals surface area (Å²) in [5, 5.41) is 23.4. The van der Waals surface area contributed by atoms with Gasteiger partial charge in [-0.15, -0.1) is 0 Å². The fourth-order valence-electron chi connectivity index (χ4n) is 2.25. The van der Waals surface area contributed by atoms with Gasteiger partial charge < -0.3 is 32.3 Å². The number of nitrogens with two attached hydrogens (primary N) is 2. The first-order valence-electron chi connectivity index (χ1n) is 8.35. The minimum atomic E-state index is -1.49. The normalized spacial score (nSPS) is 13.7. The van der Waals surface area contributed by atoms with Crippen molar-refractivity contribution in [3.8, 4) is 0 Å². The molecule has 10 nitrogen and oxygen atoms in total. The summed E-state index contributed by atoms with van der Waals surface area (Å²) in [7, 11) is 0. The van der Waals surface area contributed by atoms with Crippen LogP contribution in [0, 0.1) is 0 Å². The van der Waals surface area contributed by atoms with Crippen LogP contribution in [0.1, 0.15) is 30.1 Å². The molecule has 0 aliphatic carbocycles. The number of aliphatic hydroxyl groups excluding tert-OH is 1. The second kappa shape index (κ2) is 10.8. The zero-order valence-corrected chi connectivity index (χ0v) is 15.0. The molecular weight excluding hydrogens is 354 g/mol. The molecule has 27 heavy (non-hydrogen) atoms. The Morgan fingerprint density at radius 3 is 2.30 bits per heavy atom. The molecule has 0 saturated heterocycles. The van der Waals surface area contributed by atoms with E-state index < -0.39 is 36.0 Å². The summed E-state index contributed by atoms with van der Waals surface area (Å²) >= 11 is 0. The predicted molar refractivity (Wildman–Crippen MR) is 98.9 cm³/mol. The molecule has 0 aromatic heterocycles. The topological polar surface area (TPSA) is 180 Å². The summed E-state index contributed by atoms with van der Waals surface area (Å²) in [6.45, 7) is 1.49. The van der Waals surface area contributed by atoms with Crippen molar-refractivity contribution in [3.63, 3.8) is 0 Å². The summed E-state index contributed by atoms with van der Waals surface area (Å²) in [6, 6.07) is 5.75. The molecule has 1 aromatic carbocycles. The van der Waals surface area contributed by atoms with Crippen molar-refractivity contribution < 1.29 is 24.6 Å². The number of amides is 2. The number of nitrogens with zero attached hydrogens (tertiary/aromatic N) is 1. The maximum atomic E-state index is 12.5. The van der Waals surface area contributed by atoms with E-state index in [0.29, 0.717) is 12.0 Å². The summed E-state index contributed by atoms with van der Waals surface area (Å²) < 4.78 is 0. The molecule has 10 heteroatoms. The monoisotopic (exact) mass is 379 g/mol. The number of aliphatic carboxylic acids is 1. The van der Waals surface area contributed by atoms with E-state index in [1.165, 1.54) is 6.92 Å². The minimum Gasteiger partial charge on any atom is -0.480 e. The number of benzene rings is 1. The molecule has 0 aliphatic rings. The van der Waals surface area contributed by atoms with E-state index in [4.69, 9.17) is 16.6 Å². The highest BCUT2D eigenvalue weighted by Crippen LogP contribution is 2.05. The predicted octanol–water partition coefficient (Wildman–Crippen LogP) is -1.21. The molecule has 8 N–H and O–H groups in total. The summed E-state index contributed by atoms with van der Waals surface area (Å²) in [5.41, 5.74) is 10.8. The van der Waals surface area contributed by atoms with Crippen molar-refractivity contribution in [1.29, 1.82) is 0 Å². The number of aliphatic imine (C=N–C) groups is 1. The lowest BCUT2D eigenvalue weighted by Gasteiger charge is -2.22. The Morgan fingerprint density at radius 1 is 1.15 bits per heavy atom. The van der Waals surface area contributed by atoms with Crippen molar-refractivity contribution in [2.45, 2.75) is 38.0 Å². The van der Waals surface area contributed by atoms with Crippen LogP contribution in [-0.4, -0.2) is 58.7 Å². The van der Waals surface area contributed by atoms with Crippen molar-refractivity contribution >= 4 is 23.7 Å². The summed E-state index contributed by atoms with van der Waals surface area (Å²) in [4.78, 5) is 39.8. The van der Waals surface area contributed by atoms with Crippen LogP contribution in [0.5, 0.6) is 0 Å². The highest BCUT2D eigenvalue weighted by molar-refractivity contribution is 5.98. The molecule has 0 fully saturated rings. The highest BCUT2D eigenvalue weighted by atomic mass is 16.4. The van der Waals surface area contributed by atoms with E-state index in [-0.39, 0.29) is 18.9 Å². The van der Waals surface area contributed by atoms with Gasteiger partial charge in [0.2, 0.25) is 5.91 Å². The number of carboxylic acids is 1. The number of hydrogen-bond donors (Lipinski definition) is 6. The summed E-state index contributed by atoms with van der Waals surface area (Å²) in [5.74, 6) is -2.69. The number of aliphatic hydroxyl groups is 1. The zero-order valence-electron chi connectivity index (χ0n) is 15.0. The average Bonchev–Trinajstić information content (AvgIpc) is 2.61. The summed E-state index contributed by atoms with van der Waals surface area (Å²) in [6.07, 6.45) is -0.760. The fourth-order valence-corrected chi connectivity index (χ4v) is 2.25. The Hall–Kier alpha value is -3.14. The quantitative estimate of drug-likeness (QED) is 0.167. The van der Waals surface area contributed by atoms with E-state index in [0.717, 1.165) is 0 Å². The number of hydrogen-bond acceptors (Lipinski definition) is 5. The number of rotatable bonds is 10. The molecular formula is C17H25N5O5. The van der Waals surface area contributed by atoms with Crippen LogP contribution in [0.15, 0.2) is 35.3 Å².